The van der Waals surface area contributed by atoms with Gasteiger partial charge in [-0.2, -0.15) is 4.98 Å². The summed E-state index contributed by atoms with van der Waals surface area (Å²) >= 11 is 0. The number of aromatic nitrogens is 2. The summed E-state index contributed by atoms with van der Waals surface area (Å²) < 4.78 is 10.9. The van der Waals surface area contributed by atoms with Gasteiger partial charge in [0, 0.05) is 13.0 Å². The first-order valence-electron chi connectivity index (χ1n) is 7.96. The van der Waals surface area contributed by atoms with Crippen molar-refractivity contribution in [3.63, 3.8) is 0 Å². The SMILES string of the molecule is Cc1cccc(OC(C)C(=O)N2C[C@H](O)C[C@@H]2c2nc(C)no2)c1. The Balaban J connectivity index is 1.74. The highest BCUT2D eigenvalue weighted by Crippen LogP contribution is 2.32. The molecule has 1 aromatic carbocycles. The molecule has 1 fully saturated rings. The van der Waals surface area contributed by atoms with Gasteiger partial charge in [0.25, 0.3) is 5.91 Å². The van der Waals surface area contributed by atoms with Crippen LogP contribution < -0.4 is 4.74 Å². The molecule has 3 atom stereocenters. The highest BCUT2D eigenvalue weighted by Gasteiger charge is 2.40. The molecule has 2 aromatic rings. The van der Waals surface area contributed by atoms with Crippen LogP contribution in [-0.4, -0.2) is 44.8 Å². The fourth-order valence-electron chi connectivity index (χ4n) is 2.92. The zero-order valence-electron chi connectivity index (χ0n) is 14.0. The lowest BCUT2D eigenvalue weighted by Crippen LogP contribution is -2.40. The Kier molecular flexibility index (Phi) is 4.53. The maximum absolute atomic E-state index is 12.8. The number of rotatable bonds is 4. The Morgan fingerprint density at radius 2 is 2.25 bits per heavy atom. The largest absolute Gasteiger partial charge is 0.481 e. The van der Waals surface area contributed by atoms with Gasteiger partial charge < -0.3 is 19.3 Å². The number of aliphatic hydroxyl groups excluding tert-OH is 1. The molecule has 0 bridgehead atoms. The number of likely N-dealkylation sites (tertiary alicyclic amines) is 1. The van der Waals surface area contributed by atoms with Crippen LogP contribution in [0.1, 0.15) is 36.7 Å². The number of β-amino-alcohol motifs (C(OH)–C–C–N with tert-alkyl or cyclic N) is 1. The van der Waals surface area contributed by atoms with Crippen molar-refractivity contribution in [1.82, 2.24) is 15.0 Å². The number of aliphatic hydroxyl groups is 1. The van der Waals surface area contributed by atoms with E-state index in [1.807, 2.05) is 31.2 Å². The van der Waals surface area contributed by atoms with Gasteiger partial charge in [-0.3, -0.25) is 4.79 Å². The van der Waals surface area contributed by atoms with Crippen LogP contribution in [-0.2, 0) is 4.79 Å². The minimum atomic E-state index is -0.677. The van der Waals surface area contributed by atoms with Crippen molar-refractivity contribution >= 4 is 5.91 Å². The minimum absolute atomic E-state index is 0.214. The Hall–Kier alpha value is -2.41. The number of hydrogen-bond acceptors (Lipinski definition) is 6. The van der Waals surface area contributed by atoms with E-state index in [1.54, 1.807) is 18.7 Å². The third-order valence-electron chi connectivity index (χ3n) is 4.04. The van der Waals surface area contributed by atoms with Crippen LogP contribution in [0.15, 0.2) is 28.8 Å². The third kappa shape index (κ3) is 3.41. The molecular weight excluding hydrogens is 310 g/mol. The summed E-state index contributed by atoms with van der Waals surface area (Å²) in [7, 11) is 0. The van der Waals surface area contributed by atoms with Crippen LogP contribution >= 0.6 is 0 Å². The normalized spacial score (nSPS) is 21.8. The highest BCUT2D eigenvalue weighted by atomic mass is 16.5. The summed E-state index contributed by atoms with van der Waals surface area (Å²) in [6.45, 7) is 5.61. The van der Waals surface area contributed by atoms with Gasteiger partial charge in [0.2, 0.25) is 5.89 Å². The van der Waals surface area contributed by atoms with E-state index in [1.165, 1.54) is 0 Å². The predicted molar refractivity (Wildman–Crippen MR) is 85.4 cm³/mol. The van der Waals surface area contributed by atoms with Gasteiger partial charge in [-0.15, -0.1) is 0 Å². The summed E-state index contributed by atoms with van der Waals surface area (Å²) in [5.41, 5.74) is 1.06. The molecule has 128 valence electrons. The van der Waals surface area contributed by atoms with Crippen LogP contribution in [0, 0.1) is 13.8 Å². The van der Waals surface area contributed by atoms with Crippen LogP contribution in [0.3, 0.4) is 0 Å². The minimum Gasteiger partial charge on any atom is -0.481 e. The Morgan fingerprint density at radius 1 is 1.46 bits per heavy atom. The third-order valence-corrected chi connectivity index (χ3v) is 4.04. The van der Waals surface area contributed by atoms with Crippen LogP contribution in [0.5, 0.6) is 5.75 Å². The van der Waals surface area contributed by atoms with Crippen molar-refractivity contribution < 1.29 is 19.2 Å². The molecule has 1 unspecified atom stereocenters. The van der Waals surface area contributed by atoms with Crippen molar-refractivity contribution in [2.45, 2.75) is 45.4 Å². The van der Waals surface area contributed by atoms with Crippen molar-refractivity contribution in [3.8, 4) is 5.75 Å². The second-order valence-corrected chi connectivity index (χ2v) is 6.15. The number of amides is 1. The van der Waals surface area contributed by atoms with E-state index in [4.69, 9.17) is 9.26 Å². The molecule has 1 aliphatic rings. The predicted octanol–water partition coefficient (Wildman–Crippen LogP) is 1.79. The average Bonchev–Trinajstić information content (AvgIpc) is 3.12. The molecule has 1 saturated heterocycles. The number of carbonyl (C=O) groups is 1. The second kappa shape index (κ2) is 6.60. The molecule has 7 heteroatoms. The van der Waals surface area contributed by atoms with Gasteiger partial charge in [0.15, 0.2) is 11.9 Å². The van der Waals surface area contributed by atoms with Gasteiger partial charge in [-0.05, 0) is 38.5 Å². The number of aryl methyl sites for hydroxylation is 2. The molecule has 3 rings (SSSR count). The summed E-state index contributed by atoms with van der Waals surface area (Å²) in [5.74, 6) is 1.28. The first-order chi connectivity index (χ1) is 11.4. The molecular formula is C17H21N3O4. The lowest BCUT2D eigenvalue weighted by atomic mass is 10.2. The topological polar surface area (TPSA) is 88.7 Å². The smallest absolute Gasteiger partial charge is 0.264 e. The maximum atomic E-state index is 12.8. The fourth-order valence-corrected chi connectivity index (χ4v) is 2.92. The van der Waals surface area contributed by atoms with Crippen LogP contribution in [0.2, 0.25) is 0 Å². The van der Waals surface area contributed by atoms with Gasteiger partial charge in [-0.1, -0.05) is 17.3 Å². The van der Waals surface area contributed by atoms with Gasteiger partial charge in [0.05, 0.1) is 6.10 Å². The van der Waals surface area contributed by atoms with Crippen molar-refractivity contribution in [3.05, 3.63) is 41.5 Å². The number of ether oxygens (including phenoxy) is 1. The summed E-state index contributed by atoms with van der Waals surface area (Å²) in [6, 6.07) is 7.11. The Bertz CT molecular complexity index is 730. The lowest BCUT2D eigenvalue weighted by molar-refractivity contribution is -0.139. The van der Waals surface area contributed by atoms with E-state index in [0.29, 0.717) is 23.9 Å². The zero-order valence-corrected chi connectivity index (χ0v) is 14.0. The highest BCUT2D eigenvalue weighted by molar-refractivity contribution is 5.81. The van der Waals surface area contributed by atoms with Gasteiger partial charge in [0.1, 0.15) is 11.8 Å². The van der Waals surface area contributed by atoms with Crippen molar-refractivity contribution in [2.75, 3.05) is 6.54 Å². The van der Waals surface area contributed by atoms with E-state index >= 15 is 0 Å². The van der Waals surface area contributed by atoms with E-state index in [2.05, 4.69) is 10.1 Å². The Morgan fingerprint density at radius 3 is 2.92 bits per heavy atom. The fraction of sp³-hybridized carbons (Fsp3) is 0.471. The molecule has 1 aromatic heterocycles. The number of carbonyl (C=O) groups excluding carboxylic acids is 1. The van der Waals surface area contributed by atoms with E-state index in [-0.39, 0.29) is 12.5 Å². The molecule has 0 spiro atoms. The first kappa shape index (κ1) is 16.4. The molecule has 24 heavy (non-hydrogen) atoms. The van der Waals surface area contributed by atoms with Gasteiger partial charge in [-0.25, -0.2) is 0 Å². The van der Waals surface area contributed by atoms with Crippen LogP contribution in [0.25, 0.3) is 0 Å². The monoisotopic (exact) mass is 331 g/mol. The van der Waals surface area contributed by atoms with Gasteiger partial charge >= 0.3 is 0 Å². The Labute approximate surface area is 140 Å². The molecule has 0 radical (unpaired) electrons. The van der Waals surface area contributed by atoms with Crippen molar-refractivity contribution in [2.24, 2.45) is 0 Å². The van der Waals surface area contributed by atoms with E-state index in [0.717, 1.165) is 5.56 Å². The maximum Gasteiger partial charge on any atom is 0.264 e. The molecule has 1 amide bonds. The van der Waals surface area contributed by atoms with Crippen LogP contribution in [0.4, 0.5) is 0 Å². The first-order valence-corrected chi connectivity index (χ1v) is 7.96. The second-order valence-electron chi connectivity index (χ2n) is 6.15. The average molecular weight is 331 g/mol. The summed E-state index contributed by atoms with van der Waals surface area (Å²) in [5, 5.41) is 13.7. The standard InChI is InChI=1S/C17H21N3O4/c1-10-5-4-6-14(7-10)23-11(2)17(22)20-9-13(21)8-15(20)16-18-12(3)19-24-16/h4-7,11,13,15,21H,8-9H2,1-3H3/t11?,13-,15-/m1/s1. The zero-order chi connectivity index (χ0) is 17.3. The molecule has 2 heterocycles. The quantitative estimate of drug-likeness (QED) is 0.919. The van der Waals surface area contributed by atoms with E-state index in [9.17, 15) is 9.90 Å². The number of benzene rings is 1. The molecule has 0 saturated carbocycles. The summed E-state index contributed by atoms with van der Waals surface area (Å²) in [4.78, 5) is 18.5. The molecule has 1 aliphatic heterocycles. The lowest BCUT2D eigenvalue weighted by Gasteiger charge is -2.25. The number of hydrogen-bond donors (Lipinski definition) is 1. The molecule has 7 nitrogen and oxygen atoms in total. The molecule has 0 aliphatic carbocycles. The van der Waals surface area contributed by atoms with Crippen molar-refractivity contribution in [1.29, 1.82) is 0 Å². The summed E-state index contributed by atoms with van der Waals surface area (Å²) in [6.07, 6.45) is -0.911. The van der Waals surface area contributed by atoms with E-state index < -0.39 is 18.2 Å². The number of nitrogens with zero attached hydrogens (tertiary/aromatic N) is 3. The molecule has 1 N–H and O–H groups in total.